The van der Waals surface area contributed by atoms with Gasteiger partial charge in [0, 0.05) is 35.6 Å². The molecule has 152 valence electrons. The lowest BCUT2D eigenvalue weighted by Gasteiger charge is -2.68. The number of rotatable bonds is 3. The second-order valence-electron chi connectivity index (χ2n) is 9.57. The lowest BCUT2D eigenvalue weighted by molar-refractivity contribution is -0.157. The molecule has 6 nitrogen and oxygen atoms in total. The molecule has 4 heterocycles. The van der Waals surface area contributed by atoms with Crippen LogP contribution in [0.3, 0.4) is 0 Å². The number of fused-ring (bicyclic) bond motifs is 2. The highest BCUT2D eigenvalue weighted by molar-refractivity contribution is 6.31. The number of pyridine rings is 1. The summed E-state index contributed by atoms with van der Waals surface area (Å²) in [7, 11) is 0. The minimum absolute atomic E-state index is 0.492. The minimum atomic E-state index is 0.492. The first kappa shape index (κ1) is 17.1. The fraction of sp³-hybridized carbons (Fsp3) is 0.435. The molecule has 30 heavy (non-hydrogen) atoms. The Hall–Kier alpha value is -2.60. The van der Waals surface area contributed by atoms with Gasteiger partial charge in [-0.05, 0) is 67.1 Å². The first-order chi connectivity index (χ1) is 14.6. The molecule has 3 atom stereocenters. The summed E-state index contributed by atoms with van der Waals surface area (Å²) < 4.78 is 1.92. The van der Waals surface area contributed by atoms with E-state index in [2.05, 4.69) is 28.3 Å². The molecule has 6 aliphatic rings. The Balaban J connectivity index is 1.34. The van der Waals surface area contributed by atoms with Crippen LogP contribution < -0.4 is 5.32 Å². The molecule has 4 aromatic rings. The van der Waals surface area contributed by atoms with Crippen LogP contribution in [0.2, 0.25) is 5.02 Å². The number of hydrogen-bond acceptors (Lipinski definition) is 4. The molecule has 6 aliphatic carbocycles. The van der Waals surface area contributed by atoms with Gasteiger partial charge in [0.05, 0.1) is 5.02 Å². The summed E-state index contributed by atoms with van der Waals surface area (Å²) in [6.45, 7) is 2.45. The maximum absolute atomic E-state index is 6.21. The Morgan fingerprint density at radius 1 is 1.33 bits per heavy atom. The quantitative estimate of drug-likeness (QED) is 0.482. The van der Waals surface area contributed by atoms with E-state index in [9.17, 15) is 0 Å². The third-order valence-electron chi connectivity index (χ3n) is 8.32. The Morgan fingerprint density at radius 2 is 2.23 bits per heavy atom. The standard InChI is InChI=1S/C23H23ClN6/c1-12-19(15-4-5-23(12)8-13(15)9-23)27-22-18-3-2-6-30(18)29-21(28-22)17-11-26-20-16(17)7-14(24)10-25-20/h2-3,6-7,10-13,15,19H,4-5,8-9H2,1H3,(H,25,26)(H,27,28,29)/t12-,13-,15-,19-,23-/m1/s1. The molecule has 0 radical (unpaired) electrons. The van der Waals surface area contributed by atoms with Crippen molar-refractivity contribution in [2.45, 2.75) is 38.6 Å². The summed E-state index contributed by atoms with van der Waals surface area (Å²) in [5.74, 6) is 3.95. The van der Waals surface area contributed by atoms with E-state index < -0.39 is 0 Å². The monoisotopic (exact) mass is 418 g/mol. The normalized spacial score (nSPS) is 31.9. The summed E-state index contributed by atoms with van der Waals surface area (Å²) in [6, 6.07) is 6.52. The van der Waals surface area contributed by atoms with Crippen molar-refractivity contribution in [3.8, 4) is 11.4 Å². The zero-order valence-electron chi connectivity index (χ0n) is 16.8. The van der Waals surface area contributed by atoms with Crippen molar-refractivity contribution in [1.29, 1.82) is 0 Å². The van der Waals surface area contributed by atoms with Crippen LogP contribution in [0.25, 0.3) is 27.9 Å². The van der Waals surface area contributed by atoms with Gasteiger partial charge in [0.2, 0.25) is 0 Å². The molecule has 6 fully saturated rings. The third-order valence-corrected chi connectivity index (χ3v) is 8.52. The number of halogens is 1. The van der Waals surface area contributed by atoms with Crippen LogP contribution in [0.1, 0.15) is 32.6 Å². The lowest BCUT2D eigenvalue weighted by atomic mass is 9.38. The molecule has 0 aliphatic heterocycles. The van der Waals surface area contributed by atoms with Gasteiger partial charge >= 0.3 is 0 Å². The van der Waals surface area contributed by atoms with Crippen LogP contribution in [-0.4, -0.2) is 30.6 Å². The topological polar surface area (TPSA) is 70.9 Å². The van der Waals surface area contributed by atoms with Crippen LogP contribution in [0.5, 0.6) is 0 Å². The highest BCUT2D eigenvalue weighted by Gasteiger charge is 2.63. The molecular formula is C23H23ClN6. The van der Waals surface area contributed by atoms with Gasteiger partial charge in [0.15, 0.2) is 11.6 Å². The Labute approximate surface area is 179 Å². The van der Waals surface area contributed by atoms with Crippen LogP contribution in [0.4, 0.5) is 5.82 Å². The maximum atomic E-state index is 6.21. The molecule has 6 saturated carbocycles. The summed E-state index contributed by atoms with van der Waals surface area (Å²) in [5, 5.41) is 10.2. The highest BCUT2D eigenvalue weighted by atomic mass is 35.5. The number of anilines is 1. The van der Waals surface area contributed by atoms with Crippen molar-refractivity contribution in [3.63, 3.8) is 0 Å². The molecule has 0 aromatic carbocycles. The van der Waals surface area contributed by atoms with Crippen LogP contribution in [0.15, 0.2) is 36.8 Å². The zero-order valence-corrected chi connectivity index (χ0v) is 17.5. The first-order valence-corrected chi connectivity index (χ1v) is 11.2. The molecular weight excluding hydrogens is 396 g/mol. The number of hydrogen-bond donors (Lipinski definition) is 2. The number of H-pyrrole nitrogens is 1. The molecule has 4 aromatic heterocycles. The van der Waals surface area contributed by atoms with E-state index in [1.165, 1.54) is 25.7 Å². The van der Waals surface area contributed by atoms with Gasteiger partial charge in [-0.1, -0.05) is 18.5 Å². The summed E-state index contributed by atoms with van der Waals surface area (Å²) in [6.07, 6.45) is 11.2. The van der Waals surface area contributed by atoms with Gasteiger partial charge in [-0.2, -0.15) is 0 Å². The SMILES string of the molecule is C[C@@H]1[C@@H](Nc2nc(-c3c[nH]c4ncc(Cl)cc34)nn3cccc23)[C@@H]2CC[C@]13C[C@@H]2C3. The van der Waals surface area contributed by atoms with Gasteiger partial charge in [0.25, 0.3) is 0 Å². The summed E-state index contributed by atoms with van der Waals surface area (Å²) in [5.41, 5.74) is 3.30. The summed E-state index contributed by atoms with van der Waals surface area (Å²) >= 11 is 6.21. The molecule has 0 saturated heterocycles. The summed E-state index contributed by atoms with van der Waals surface area (Å²) in [4.78, 5) is 12.6. The smallest absolute Gasteiger partial charge is 0.184 e. The van der Waals surface area contributed by atoms with Gasteiger partial charge in [-0.3, -0.25) is 0 Å². The van der Waals surface area contributed by atoms with Gasteiger partial charge in [-0.15, -0.1) is 5.10 Å². The molecule has 10 rings (SSSR count). The second kappa shape index (κ2) is 5.76. The van der Waals surface area contributed by atoms with E-state index in [-0.39, 0.29) is 0 Å². The van der Waals surface area contributed by atoms with Gasteiger partial charge in [0.1, 0.15) is 11.2 Å². The van der Waals surface area contributed by atoms with E-state index in [1.807, 2.05) is 29.0 Å². The third kappa shape index (κ3) is 2.17. The van der Waals surface area contributed by atoms with Crippen molar-refractivity contribution in [1.82, 2.24) is 24.6 Å². The molecule has 0 amide bonds. The maximum Gasteiger partial charge on any atom is 0.184 e. The van der Waals surface area contributed by atoms with Crippen molar-refractivity contribution >= 4 is 34.0 Å². The van der Waals surface area contributed by atoms with Crippen LogP contribution in [0, 0.1) is 23.2 Å². The molecule has 1 spiro atoms. The largest absolute Gasteiger partial charge is 0.365 e. The predicted molar refractivity (Wildman–Crippen MR) is 118 cm³/mol. The molecule has 0 unspecified atom stereocenters. The highest BCUT2D eigenvalue weighted by Crippen LogP contribution is 2.69. The molecule has 7 heteroatoms. The van der Waals surface area contributed by atoms with Crippen molar-refractivity contribution in [3.05, 3.63) is 41.8 Å². The molecule has 2 N–H and O–H groups in total. The fourth-order valence-corrected chi connectivity index (χ4v) is 6.87. The van der Waals surface area contributed by atoms with E-state index in [4.69, 9.17) is 21.7 Å². The number of aromatic nitrogens is 5. The van der Waals surface area contributed by atoms with Gasteiger partial charge in [-0.25, -0.2) is 14.5 Å². The average Bonchev–Trinajstić information content (AvgIpc) is 3.36. The van der Waals surface area contributed by atoms with E-state index in [0.717, 1.165) is 39.8 Å². The van der Waals surface area contributed by atoms with E-state index >= 15 is 0 Å². The lowest BCUT2D eigenvalue weighted by Crippen LogP contribution is -2.64. The second-order valence-corrected chi connectivity index (χ2v) is 10.0. The molecule has 3 bridgehead atoms. The Bertz CT molecular complexity index is 1290. The Kier molecular flexibility index (Phi) is 3.28. The number of aromatic amines is 1. The fourth-order valence-electron chi connectivity index (χ4n) is 6.71. The van der Waals surface area contributed by atoms with Crippen LogP contribution in [-0.2, 0) is 0 Å². The predicted octanol–water partition coefficient (Wildman–Crippen LogP) is 5.16. The number of nitrogens with zero attached hydrogens (tertiary/aromatic N) is 4. The van der Waals surface area contributed by atoms with Gasteiger partial charge < -0.3 is 10.3 Å². The van der Waals surface area contributed by atoms with Crippen molar-refractivity contribution < 1.29 is 0 Å². The Morgan fingerprint density at radius 3 is 3.03 bits per heavy atom. The zero-order chi connectivity index (χ0) is 20.0. The van der Waals surface area contributed by atoms with E-state index in [1.54, 1.807) is 6.20 Å². The average molecular weight is 419 g/mol. The van der Waals surface area contributed by atoms with E-state index in [0.29, 0.717) is 28.2 Å². The van der Waals surface area contributed by atoms with Crippen LogP contribution >= 0.6 is 11.6 Å². The first-order valence-electron chi connectivity index (χ1n) is 10.9. The number of nitrogens with one attached hydrogen (secondary N) is 2. The van der Waals surface area contributed by atoms with Crippen molar-refractivity contribution in [2.24, 2.45) is 23.2 Å². The van der Waals surface area contributed by atoms with Crippen molar-refractivity contribution in [2.75, 3.05) is 5.32 Å². The minimum Gasteiger partial charge on any atom is -0.365 e.